The van der Waals surface area contributed by atoms with E-state index in [1.165, 1.54) is 4.90 Å². The van der Waals surface area contributed by atoms with Gasteiger partial charge in [0.15, 0.2) is 6.10 Å². The number of carbonyl (C=O) groups is 2. The van der Waals surface area contributed by atoms with Gasteiger partial charge in [-0.25, -0.2) is 0 Å². The van der Waals surface area contributed by atoms with Crippen LogP contribution in [0.3, 0.4) is 0 Å². The van der Waals surface area contributed by atoms with E-state index in [0.29, 0.717) is 5.75 Å². The molecular formula is C15H21NO4. The Labute approximate surface area is 119 Å². The molecule has 0 aromatic heterocycles. The Morgan fingerprint density at radius 3 is 2.25 bits per heavy atom. The van der Waals surface area contributed by atoms with Gasteiger partial charge in [0.2, 0.25) is 0 Å². The highest BCUT2D eigenvalue weighted by molar-refractivity contribution is 5.85. The second-order valence-corrected chi connectivity index (χ2v) is 5.56. The molecule has 0 aliphatic heterocycles. The van der Waals surface area contributed by atoms with E-state index in [-0.39, 0.29) is 12.5 Å². The molecule has 5 nitrogen and oxygen atoms in total. The van der Waals surface area contributed by atoms with Crippen LogP contribution in [0, 0.1) is 0 Å². The summed E-state index contributed by atoms with van der Waals surface area (Å²) in [5, 5.41) is 8.93. The third-order valence-electron chi connectivity index (χ3n) is 2.77. The molecule has 1 atom stereocenters. The van der Waals surface area contributed by atoms with Crippen molar-refractivity contribution in [3.8, 4) is 5.75 Å². The minimum atomic E-state index is -1.04. The molecule has 0 heterocycles. The molecule has 0 radical (unpaired) electrons. The van der Waals surface area contributed by atoms with Crippen molar-refractivity contribution in [3.63, 3.8) is 0 Å². The number of ether oxygens (including phenoxy) is 1. The molecule has 0 spiro atoms. The van der Waals surface area contributed by atoms with Gasteiger partial charge in [-0.05, 0) is 39.8 Å². The van der Waals surface area contributed by atoms with Gasteiger partial charge in [0, 0.05) is 5.54 Å². The zero-order chi connectivity index (χ0) is 15.3. The van der Waals surface area contributed by atoms with E-state index in [0.717, 1.165) is 0 Å². The van der Waals surface area contributed by atoms with Crippen LogP contribution in [0.15, 0.2) is 30.3 Å². The molecule has 0 aliphatic carbocycles. The summed E-state index contributed by atoms with van der Waals surface area (Å²) < 4.78 is 5.55. The zero-order valence-electron chi connectivity index (χ0n) is 12.3. The molecule has 20 heavy (non-hydrogen) atoms. The number of para-hydroxylation sites is 1. The summed E-state index contributed by atoms with van der Waals surface area (Å²) >= 11 is 0. The van der Waals surface area contributed by atoms with Crippen molar-refractivity contribution in [2.75, 3.05) is 6.54 Å². The number of nitrogens with zero attached hydrogens (tertiary/aromatic N) is 1. The third-order valence-corrected chi connectivity index (χ3v) is 2.77. The van der Waals surface area contributed by atoms with Crippen molar-refractivity contribution in [2.24, 2.45) is 0 Å². The Morgan fingerprint density at radius 1 is 1.25 bits per heavy atom. The molecule has 0 aliphatic rings. The number of carboxylic acids is 1. The van der Waals surface area contributed by atoms with E-state index in [1.54, 1.807) is 39.8 Å². The van der Waals surface area contributed by atoms with Gasteiger partial charge in [-0.15, -0.1) is 0 Å². The van der Waals surface area contributed by atoms with E-state index in [2.05, 4.69) is 0 Å². The van der Waals surface area contributed by atoms with E-state index in [1.807, 2.05) is 18.2 Å². The van der Waals surface area contributed by atoms with Gasteiger partial charge in [0.25, 0.3) is 5.91 Å². The summed E-state index contributed by atoms with van der Waals surface area (Å²) in [5.41, 5.74) is -0.580. The number of rotatable bonds is 5. The lowest BCUT2D eigenvalue weighted by molar-refractivity contribution is -0.151. The van der Waals surface area contributed by atoms with Crippen LogP contribution in [-0.4, -0.2) is 40.1 Å². The topological polar surface area (TPSA) is 66.8 Å². The molecule has 0 bridgehead atoms. The second-order valence-electron chi connectivity index (χ2n) is 5.56. The van der Waals surface area contributed by atoms with Crippen molar-refractivity contribution >= 4 is 11.9 Å². The van der Waals surface area contributed by atoms with Crippen LogP contribution in [0.5, 0.6) is 5.75 Å². The minimum Gasteiger partial charge on any atom is -0.481 e. The second kappa shape index (κ2) is 6.41. The van der Waals surface area contributed by atoms with Gasteiger partial charge < -0.3 is 14.7 Å². The lowest BCUT2D eigenvalue weighted by Crippen LogP contribution is -2.52. The van der Waals surface area contributed by atoms with E-state index in [9.17, 15) is 9.59 Å². The maximum atomic E-state index is 12.4. The predicted molar refractivity (Wildman–Crippen MR) is 75.6 cm³/mol. The monoisotopic (exact) mass is 279 g/mol. The lowest BCUT2D eigenvalue weighted by Gasteiger charge is -2.36. The Bertz CT molecular complexity index is 465. The Balaban J connectivity index is 2.81. The molecule has 0 saturated heterocycles. The van der Waals surface area contributed by atoms with E-state index >= 15 is 0 Å². The summed E-state index contributed by atoms with van der Waals surface area (Å²) in [4.78, 5) is 24.6. The molecule has 1 unspecified atom stereocenters. The normalized spacial score (nSPS) is 12.6. The third kappa shape index (κ3) is 4.57. The Kier molecular flexibility index (Phi) is 5.13. The smallest absolute Gasteiger partial charge is 0.323 e. The quantitative estimate of drug-likeness (QED) is 0.897. The van der Waals surface area contributed by atoms with Crippen molar-refractivity contribution in [3.05, 3.63) is 30.3 Å². The summed E-state index contributed by atoms with van der Waals surface area (Å²) in [6, 6.07) is 8.98. The van der Waals surface area contributed by atoms with Crippen LogP contribution >= 0.6 is 0 Å². The largest absolute Gasteiger partial charge is 0.481 e. The first-order valence-electron chi connectivity index (χ1n) is 6.47. The first-order chi connectivity index (χ1) is 9.21. The fraction of sp³-hybridized carbons (Fsp3) is 0.467. The highest BCUT2D eigenvalue weighted by Crippen LogP contribution is 2.17. The van der Waals surface area contributed by atoms with Crippen LogP contribution in [0.25, 0.3) is 0 Å². The van der Waals surface area contributed by atoms with E-state index < -0.39 is 17.6 Å². The summed E-state index contributed by atoms with van der Waals surface area (Å²) in [6.07, 6.45) is -0.740. The Hall–Kier alpha value is -2.04. The molecule has 0 fully saturated rings. The fourth-order valence-electron chi connectivity index (χ4n) is 1.75. The average Bonchev–Trinajstić information content (AvgIpc) is 2.34. The molecule has 5 heteroatoms. The minimum absolute atomic E-state index is 0.342. The number of benzene rings is 1. The number of carbonyl (C=O) groups excluding carboxylic acids is 1. The van der Waals surface area contributed by atoms with Gasteiger partial charge in [-0.3, -0.25) is 9.59 Å². The van der Waals surface area contributed by atoms with Gasteiger partial charge in [-0.1, -0.05) is 18.2 Å². The predicted octanol–water partition coefficient (Wildman–Crippen LogP) is 2.17. The van der Waals surface area contributed by atoms with Gasteiger partial charge >= 0.3 is 5.97 Å². The Morgan fingerprint density at radius 2 is 1.80 bits per heavy atom. The molecule has 0 saturated carbocycles. The van der Waals surface area contributed by atoms with Crippen molar-refractivity contribution in [2.45, 2.75) is 39.3 Å². The molecule has 1 amide bonds. The first-order valence-corrected chi connectivity index (χ1v) is 6.47. The fourth-order valence-corrected chi connectivity index (χ4v) is 1.75. The van der Waals surface area contributed by atoms with Crippen molar-refractivity contribution in [1.29, 1.82) is 0 Å². The number of aliphatic carboxylic acids is 1. The van der Waals surface area contributed by atoms with E-state index in [4.69, 9.17) is 9.84 Å². The van der Waals surface area contributed by atoms with Crippen LogP contribution in [0.2, 0.25) is 0 Å². The standard InChI is InChI=1S/C15H21NO4/c1-11(20-12-8-6-5-7-9-12)14(19)16(10-13(17)18)15(2,3)4/h5-9,11H,10H2,1-4H3,(H,17,18). The van der Waals surface area contributed by atoms with Crippen molar-refractivity contribution in [1.82, 2.24) is 4.90 Å². The highest BCUT2D eigenvalue weighted by Gasteiger charge is 2.32. The SMILES string of the molecule is CC(Oc1ccccc1)C(=O)N(CC(=O)O)C(C)(C)C. The number of amides is 1. The highest BCUT2D eigenvalue weighted by atomic mass is 16.5. The van der Waals surface area contributed by atoms with Gasteiger partial charge in [-0.2, -0.15) is 0 Å². The summed E-state index contributed by atoms with van der Waals surface area (Å²) in [6.45, 7) is 6.66. The zero-order valence-corrected chi connectivity index (χ0v) is 12.3. The number of hydrogen-bond acceptors (Lipinski definition) is 3. The maximum absolute atomic E-state index is 12.4. The summed E-state index contributed by atoms with van der Waals surface area (Å²) in [5.74, 6) is -0.804. The first kappa shape index (κ1) is 16.0. The maximum Gasteiger partial charge on any atom is 0.323 e. The molecule has 1 N–H and O–H groups in total. The van der Waals surface area contributed by atoms with Crippen molar-refractivity contribution < 1.29 is 19.4 Å². The van der Waals surface area contributed by atoms with Crippen LogP contribution in [0.4, 0.5) is 0 Å². The molecule has 110 valence electrons. The van der Waals surface area contributed by atoms with Crippen LogP contribution in [-0.2, 0) is 9.59 Å². The molecule has 1 aromatic rings. The average molecular weight is 279 g/mol. The summed E-state index contributed by atoms with van der Waals surface area (Å²) in [7, 11) is 0. The van der Waals surface area contributed by atoms with Gasteiger partial charge in [0.1, 0.15) is 12.3 Å². The van der Waals surface area contributed by atoms with Gasteiger partial charge in [0.05, 0.1) is 0 Å². The molecule has 1 rings (SSSR count). The van der Waals surface area contributed by atoms with Crippen LogP contribution in [0.1, 0.15) is 27.7 Å². The van der Waals surface area contributed by atoms with Crippen LogP contribution < -0.4 is 4.74 Å². The molecule has 1 aromatic carbocycles. The molecular weight excluding hydrogens is 258 g/mol. The number of carboxylic acid groups (broad SMARTS) is 1. The lowest BCUT2D eigenvalue weighted by atomic mass is 10.0. The number of hydrogen-bond donors (Lipinski definition) is 1.